The van der Waals surface area contributed by atoms with Gasteiger partial charge in [0.2, 0.25) is 10.0 Å². The highest BCUT2D eigenvalue weighted by molar-refractivity contribution is 7.89. The Morgan fingerprint density at radius 1 is 1.24 bits per heavy atom. The van der Waals surface area contributed by atoms with E-state index in [9.17, 15) is 18.3 Å². The van der Waals surface area contributed by atoms with Crippen molar-refractivity contribution in [3.8, 4) is 11.1 Å². The van der Waals surface area contributed by atoms with E-state index in [1.54, 1.807) is 12.1 Å². The standard InChI is InChI=1S/C16H18N2O5S2/c1-10-13(11-2-4-12(5-3-11)25(17,21)22)14(16(19)20)24-15(10)18-6-8-23-9-7-18/h2-5H,6-9H2,1H3,(H,19,20)(H2,17,21,22). The van der Waals surface area contributed by atoms with Crippen molar-refractivity contribution in [1.82, 2.24) is 0 Å². The van der Waals surface area contributed by atoms with E-state index in [2.05, 4.69) is 4.90 Å². The van der Waals surface area contributed by atoms with Crippen LogP contribution < -0.4 is 10.0 Å². The number of carboxylic acid groups (broad SMARTS) is 1. The van der Waals surface area contributed by atoms with E-state index in [-0.39, 0.29) is 9.77 Å². The number of anilines is 1. The molecule has 3 N–H and O–H groups in total. The second kappa shape index (κ2) is 6.75. The van der Waals surface area contributed by atoms with E-state index in [1.165, 1.54) is 23.5 Å². The number of carboxylic acids is 1. The third kappa shape index (κ3) is 3.54. The SMILES string of the molecule is Cc1c(N2CCOCC2)sc(C(=O)O)c1-c1ccc(S(N)(=O)=O)cc1. The van der Waals surface area contributed by atoms with Crippen molar-refractivity contribution in [2.45, 2.75) is 11.8 Å². The highest BCUT2D eigenvalue weighted by atomic mass is 32.2. The second-order valence-electron chi connectivity index (χ2n) is 5.71. The molecular formula is C16H18N2O5S2. The first-order chi connectivity index (χ1) is 11.8. The summed E-state index contributed by atoms with van der Waals surface area (Å²) in [6, 6.07) is 5.96. The van der Waals surface area contributed by atoms with E-state index in [0.717, 1.165) is 10.6 Å². The third-order valence-electron chi connectivity index (χ3n) is 4.09. The lowest BCUT2D eigenvalue weighted by Gasteiger charge is -2.28. The molecule has 3 rings (SSSR count). The molecule has 1 aliphatic heterocycles. The first kappa shape index (κ1) is 17.9. The molecule has 1 aromatic heterocycles. The number of primary sulfonamides is 1. The number of ether oxygens (including phenoxy) is 1. The summed E-state index contributed by atoms with van der Waals surface area (Å²) in [4.78, 5) is 14.1. The average molecular weight is 382 g/mol. The molecule has 2 aromatic rings. The number of carbonyl (C=O) groups is 1. The Morgan fingerprint density at radius 2 is 1.84 bits per heavy atom. The van der Waals surface area contributed by atoms with Crippen LogP contribution in [0.5, 0.6) is 0 Å². The van der Waals surface area contributed by atoms with Gasteiger partial charge in [-0.1, -0.05) is 12.1 Å². The summed E-state index contributed by atoms with van der Waals surface area (Å²) in [6.45, 7) is 4.53. The smallest absolute Gasteiger partial charge is 0.346 e. The molecule has 1 fully saturated rings. The number of nitrogens with two attached hydrogens (primary N) is 1. The fourth-order valence-electron chi connectivity index (χ4n) is 2.88. The quantitative estimate of drug-likeness (QED) is 0.836. The minimum Gasteiger partial charge on any atom is -0.477 e. The van der Waals surface area contributed by atoms with Crippen LogP contribution in [0.4, 0.5) is 5.00 Å². The van der Waals surface area contributed by atoms with Gasteiger partial charge in [-0.25, -0.2) is 18.4 Å². The fraction of sp³-hybridized carbons (Fsp3) is 0.312. The van der Waals surface area contributed by atoms with E-state index >= 15 is 0 Å². The van der Waals surface area contributed by atoms with Gasteiger partial charge in [-0.15, -0.1) is 11.3 Å². The van der Waals surface area contributed by atoms with Gasteiger partial charge in [-0.05, 0) is 30.2 Å². The van der Waals surface area contributed by atoms with E-state index in [4.69, 9.17) is 9.88 Å². The molecule has 0 aliphatic carbocycles. The van der Waals surface area contributed by atoms with Gasteiger partial charge in [0.15, 0.2) is 0 Å². The summed E-state index contributed by atoms with van der Waals surface area (Å²) < 4.78 is 28.2. The van der Waals surface area contributed by atoms with Crippen molar-refractivity contribution in [3.63, 3.8) is 0 Å². The summed E-state index contributed by atoms with van der Waals surface area (Å²) in [6.07, 6.45) is 0. The van der Waals surface area contributed by atoms with Crippen molar-refractivity contribution in [2.75, 3.05) is 31.2 Å². The van der Waals surface area contributed by atoms with Crippen LogP contribution in [0.3, 0.4) is 0 Å². The summed E-state index contributed by atoms with van der Waals surface area (Å²) in [5.74, 6) is -1.00. The summed E-state index contributed by atoms with van der Waals surface area (Å²) >= 11 is 1.23. The number of hydrogen-bond donors (Lipinski definition) is 2. The van der Waals surface area contributed by atoms with Crippen LogP contribution in [0.25, 0.3) is 11.1 Å². The Bertz CT molecular complexity index is 897. The molecule has 9 heteroatoms. The lowest BCUT2D eigenvalue weighted by molar-refractivity contribution is 0.0703. The maximum absolute atomic E-state index is 11.7. The molecular weight excluding hydrogens is 364 g/mol. The predicted molar refractivity (Wildman–Crippen MR) is 95.9 cm³/mol. The number of sulfonamides is 1. The predicted octanol–water partition coefficient (Wildman–Crippen LogP) is 1.91. The molecule has 0 radical (unpaired) electrons. The van der Waals surface area contributed by atoms with Gasteiger partial charge in [0.05, 0.1) is 23.1 Å². The van der Waals surface area contributed by atoms with Gasteiger partial charge >= 0.3 is 5.97 Å². The van der Waals surface area contributed by atoms with Crippen molar-refractivity contribution in [2.24, 2.45) is 5.14 Å². The largest absolute Gasteiger partial charge is 0.477 e. The fourth-order valence-corrected chi connectivity index (χ4v) is 4.62. The Morgan fingerprint density at radius 3 is 2.36 bits per heavy atom. The van der Waals surface area contributed by atoms with E-state index in [0.29, 0.717) is 37.4 Å². The molecule has 0 spiro atoms. The third-order valence-corrected chi connectivity index (χ3v) is 6.36. The Balaban J connectivity index is 2.08. The number of rotatable bonds is 4. The monoisotopic (exact) mass is 382 g/mol. The maximum atomic E-state index is 11.7. The van der Waals surface area contributed by atoms with Gasteiger partial charge in [0.25, 0.3) is 0 Å². The number of hydrogen-bond acceptors (Lipinski definition) is 6. The second-order valence-corrected chi connectivity index (χ2v) is 8.27. The minimum atomic E-state index is -3.79. The van der Waals surface area contributed by atoms with Crippen molar-refractivity contribution in [3.05, 3.63) is 34.7 Å². The zero-order chi connectivity index (χ0) is 18.2. The van der Waals surface area contributed by atoms with Crippen LogP contribution in [-0.4, -0.2) is 45.8 Å². The molecule has 0 atom stereocenters. The maximum Gasteiger partial charge on any atom is 0.346 e. The summed E-state index contributed by atoms with van der Waals surface area (Å²) in [7, 11) is -3.79. The van der Waals surface area contributed by atoms with Crippen molar-refractivity contribution < 1.29 is 23.1 Å². The zero-order valence-electron chi connectivity index (χ0n) is 13.6. The molecule has 2 heterocycles. The minimum absolute atomic E-state index is 0.00518. The topological polar surface area (TPSA) is 110 Å². The number of nitrogens with zero attached hydrogens (tertiary/aromatic N) is 1. The highest BCUT2D eigenvalue weighted by Crippen LogP contribution is 2.42. The molecule has 0 saturated carbocycles. The van der Waals surface area contributed by atoms with Gasteiger partial charge in [-0.3, -0.25) is 0 Å². The molecule has 1 saturated heterocycles. The average Bonchev–Trinajstić information content (AvgIpc) is 2.92. The molecule has 1 aromatic carbocycles. The van der Waals surface area contributed by atoms with Gasteiger partial charge < -0.3 is 14.7 Å². The molecule has 0 amide bonds. The lowest BCUT2D eigenvalue weighted by Crippen LogP contribution is -2.36. The van der Waals surface area contributed by atoms with Crippen LogP contribution in [0.15, 0.2) is 29.2 Å². The van der Waals surface area contributed by atoms with Crippen LogP contribution in [0.2, 0.25) is 0 Å². The van der Waals surface area contributed by atoms with Crippen LogP contribution in [-0.2, 0) is 14.8 Å². The molecule has 134 valence electrons. The number of aromatic carboxylic acids is 1. The van der Waals surface area contributed by atoms with Crippen LogP contribution in [0, 0.1) is 6.92 Å². The van der Waals surface area contributed by atoms with Crippen LogP contribution in [0.1, 0.15) is 15.2 Å². The number of morpholine rings is 1. The van der Waals surface area contributed by atoms with Gasteiger partial charge in [0, 0.05) is 18.7 Å². The highest BCUT2D eigenvalue weighted by Gasteiger charge is 2.25. The first-order valence-corrected chi connectivity index (χ1v) is 9.98. The van der Waals surface area contributed by atoms with E-state index in [1.807, 2.05) is 6.92 Å². The van der Waals surface area contributed by atoms with Gasteiger partial charge in [0.1, 0.15) is 4.88 Å². The Kier molecular flexibility index (Phi) is 4.83. The Labute approximate surface area is 149 Å². The zero-order valence-corrected chi connectivity index (χ0v) is 15.2. The summed E-state index contributed by atoms with van der Waals surface area (Å²) in [5, 5.41) is 15.6. The normalized spacial score (nSPS) is 15.4. The number of benzene rings is 1. The van der Waals surface area contributed by atoms with Crippen molar-refractivity contribution >= 4 is 32.3 Å². The molecule has 7 nitrogen and oxygen atoms in total. The van der Waals surface area contributed by atoms with Gasteiger partial charge in [-0.2, -0.15) is 0 Å². The molecule has 25 heavy (non-hydrogen) atoms. The lowest BCUT2D eigenvalue weighted by atomic mass is 10.0. The molecule has 1 aliphatic rings. The van der Waals surface area contributed by atoms with Crippen LogP contribution >= 0.6 is 11.3 Å². The summed E-state index contributed by atoms with van der Waals surface area (Å²) in [5.41, 5.74) is 2.13. The van der Waals surface area contributed by atoms with Crippen molar-refractivity contribution in [1.29, 1.82) is 0 Å². The Hall–Kier alpha value is -1.94. The molecule has 0 unspecified atom stereocenters. The number of thiophene rings is 1. The van der Waals surface area contributed by atoms with E-state index < -0.39 is 16.0 Å². The molecule has 0 bridgehead atoms. The first-order valence-electron chi connectivity index (χ1n) is 7.61.